The summed E-state index contributed by atoms with van der Waals surface area (Å²) >= 11 is 0. The van der Waals surface area contributed by atoms with Gasteiger partial charge in [-0.3, -0.25) is 19.7 Å². The van der Waals surface area contributed by atoms with Crippen LogP contribution in [0.5, 0.6) is 5.75 Å². The number of nitro groups is 1. The van der Waals surface area contributed by atoms with E-state index in [1.165, 1.54) is 6.07 Å². The fourth-order valence-electron chi connectivity index (χ4n) is 4.91. The number of amides is 2. The van der Waals surface area contributed by atoms with Crippen LogP contribution < -0.4 is 19.4 Å². The van der Waals surface area contributed by atoms with Crippen molar-refractivity contribution in [2.45, 2.75) is 12.3 Å². The number of nitrogens with zero attached hydrogens (tertiary/aromatic N) is 4. The second-order valence-corrected chi connectivity index (χ2v) is 8.84. The highest BCUT2D eigenvalue weighted by Gasteiger charge is 2.41. The van der Waals surface area contributed by atoms with Crippen LogP contribution in [0.25, 0.3) is 0 Å². The number of carbonyl (C=O) groups is 2. The van der Waals surface area contributed by atoms with E-state index in [0.717, 1.165) is 21.9 Å². The molecule has 2 aliphatic rings. The molecule has 0 radical (unpaired) electrons. The minimum absolute atomic E-state index is 0.0473. The van der Waals surface area contributed by atoms with Gasteiger partial charge in [-0.1, -0.05) is 30.3 Å². The van der Waals surface area contributed by atoms with E-state index >= 15 is 0 Å². The molecule has 184 valence electrons. The molecule has 5 rings (SSSR count). The van der Waals surface area contributed by atoms with Crippen LogP contribution in [0.4, 0.5) is 22.7 Å². The first-order valence-corrected chi connectivity index (χ1v) is 11.8. The second-order valence-electron chi connectivity index (χ2n) is 8.84. The summed E-state index contributed by atoms with van der Waals surface area (Å²) in [6.07, 6.45) is 0.0473. The van der Waals surface area contributed by atoms with Crippen molar-refractivity contribution in [3.05, 3.63) is 88.5 Å². The third-order valence-corrected chi connectivity index (χ3v) is 6.82. The molecule has 0 saturated carbocycles. The van der Waals surface area contributed by atoms with Crippen molar-refractivity contribution in [3.63, 3.8) is 0 Å². The molecule has 2 saturated heterocycles. The Morgan fingerprint density at radius 2 is 1.50 bits per heavy atom. The average molecular weight is 487 g/mol. The van der Waals surface area contributed by atoms with Gasteiger partial charge in [0.05, 0.1) is 23.6 Å². The monoisotopic (exact) mass is 486 g/mol. The van der Waals surface area contributed by atoms with E-state index in [-0.39, 0.29) is 29.6 Å². The van der Waals surface area contributed by atoms with Gasteiger partial charge >= 0.3 is 0 Å². The van der Waals surface area contributed by atoms with Crippen LogP contribution in [0.2, 0.25) is 0 Å². The van der Waals surface area contributed by atoms with Gasteiger partial charge in [-0.15, -0.1) is 0 Å². The van der Waals surface area contributed by atoms with Crippen LogP contribution in [0.3, 0.4) is 0 Å². The summed E-state index contributed by atoms with van der Waals surface area (Å²) in [6.45, 7) is 2.61. The highest BCUT2D eigenvalue weighted by atomic mass is 16.6. The topological polar surface area (TPSA) is 96.2 Å². The summed E-state index contributed by atoms with van der Waals surface area (Å²) in [6, 6.07) is 21.6. The number of carbonyl (C=O) groups excluding carboxylic acids is 2. The van der Waals surface area contributed by atoms with Crippen LogP contribution in [0.15, 0.2) is 72.8 Å². The molecule has 9 nitrogen and oxygen atoms in total. The number of benzene rings is 3. The highest BCUT2D eigenvalue weighted by Crippen LogP contribution is 2.38. The first kappa shape index (κ1) is 23.3. The zero-order chi connectivity index (χ0) is 25.2. The first-order chi connectivity index (χ1) is 17.5. The second kappa shape index (κ2) is 9.69. The maximum Gasteiger partial charge on any atom is 0.294 e. The number of nitro benzene ring substituents is 1. The van der Waals surface area contributed by atoms with E-state index in [4.69, 9.17) is 4.74 Å². The largest absolute Gasteiger partial charge is 0.497 e. The molecule has 2 fully saturated rings. The van der Waals surface area contributed by atoms with Gasteiger partial charge in [0.25, 0.3) is 5.69 Å². The molecule has 3 aromatic carbocycles. The van der Waals surface area contributed by atoms with Gasteiger partial charge in [-0.05, 0) is 42.0 Å². The number of rotatable bonds is 6. The Bertz CT molecular complexity index is 1290. The van der Waals surface area contributed by atoms with Crippen molar-refractivity contribution in [1.82, 2.24) is 0 Å². The summed E-state index contributed by atoms with van der Waals surface area (Å²) in [5.74, 6) is -0.507. The molecule has 0 spiro atoms. The molecule has 1 atom stereocenters. The van der Waals surface area contributed by atoms with Gasteiger partial charge in [0.15, 0.2) is 0 Å². The Balaban J connectivity index is 1.34. The van der Waals surface area contributed by atoms with Crippen molar-refractivity contribution in [2.24, 2.45) is 0 Å². The summed E-state index contributed by atoms with van der Waals surface area (Å²) in [7, 11) is 1.63. The molecule has 2 aliphatic heterocycles. The van der Waals surface area contributed by atoms with Gasteiger partial charge in [0.2, 0.25) is 11.8 Å². The lowest BCUT2D eigenvalue weighted by atomic mass is 9.98. The number of hydrogen-bond acceptors (Lipinski definition) is 7. The van der Waals surface area contributed by atoms with Crippen LogP contribution in [-0.2, 0) is 9.59 Å². The molecule has 2 amide bonds. The number of hydrogen-bond donors (Lipinski definition) is 0. The number of anilines is 3. The van der Waals surface area contributed by atoms with E-state index < -0.39 is 10.8 Å². The van der Waals surface area contributed by atoms with Crippen molar-refractivity contribution >= 4 is 34.6 Å². The number of ether oxygens (including phenoxy) is 1. The predicted octanol–water partition coefficient (Wildman–Crippen LogP) is 3.98. The fourth-order valence-corrected chi connectivity index (χ4v) is 4.91. The fraction of sp³-hybridized carbons (Fsp3) is 0.259. The zero-order valence-electron chi connectivity index (χ0n) is 19.9. The number of imide groups is 1. The van der Waals surface area contributed by atoms with Gasteiger partial charge in [-0.2, -0.15) is 0 Å². The van der Waals surface area contributed by atoms with Crippen LogP contribution in [-0.4, -0.2) is 50.0 Å². The van der Waals surface area contributed by atoms with E-state index in [1.807, 2.05) is 59.5 Å². The lowest BCUT2D eigenvalue weighted by Gasteiger charge is -2.37. The molecule has 9 heteroatoms. The van der Waals surface area contributed by atoms with E-state index in [9.17, 15) is 19.7 Å². The Kier molecular flexibility index (Phi) is 6.28. The van der Waals surface area contributed by atoms with Crippen molar-refractivity contribution in [1.29, 1.82) is 0 Å². The number of methoxy groups -OCH3 is 1. The van der Waals surface area contributed by atoms with Gasteiger partial charge in [-0.25, -0.2) is 4.90 Å². The first-order valence-electron chi connectivity index (χ1n) is 11.8. The van der Waals surface area contributed by atoms with Gasteiger partial charge in [0, 0.05) is 44.4 Å². The van der Waals surface area contributed by atoms with Crippen molar-refractivity contribution < 1.29 is 19.2 Å². The molecule has 0 aliphatic carbocycles. The van der Waals surface area contributed by atoms with E-state index in [2.05, 4.69) is 4.90 Å². The normalized spacial score (nSPS) is 18.0. The maximum atomic E-state index is 13.1. The molecule has 3 aromatic rings. The van der Waals surface area contributed by atoms with Crippen LogP contribution >= 0.6 is 0 Å². The highest BCUT2D eigenvalue weighted by molar-refractivity contribution is 6.22. The SMILES string of the molecule is COc1ccc(N2CCN(c3ccc(N4C(=O)CC(c5ccccc5)C4=O)cc3[N+](=O)[O-])CC2)cc1. The summed E-state index contributed by atoms with van der Waals surface area (Å²) in [5, 5.41) is 12.0. The summed E-state index contributed by atoms with van der Waals surface area (Å²) < 4.78 is 5.22. The molecular formula is C27H26N4O5. The lowest BCUT2D eigenvalue weighted by molar-refractivity contribution is -0.384. The Morgan fingerprint density at radius 3 is 2.14 bits per heavy atom. The molecule has 36 heavy (non-hydrogen) atoms. The van der Waals surface area contributed by atoms with Crippen molar-refractivity contribution in [2.75, 3.05) is 48.0 Å². The minimum atomic E-state index is -0.580. The van der Waals surface area contributed by atoms with Gasteiger partial charge < -0.3 is 14.5 Å². The maximum absolute atomic E-state index is 13.1. The third-order valence-electron chi connectivity index (χ3n) is 6.82. The Labute approximate surface area is 208 Å². The molecule has 1 unspecified atom stereocenters. The Hall–Kier alpha value is -4.40. The molecule has 2 heterocycles. The summed E-state index contributed by atoms with van der Waals surface area (Å²) in [5.41, 5.74) is 2.43. The van der Waals surface area contributed by atoms with Crippen molar-refractivity contribution in [3.8, 4) is 5.75 Å². The molecule has 0 N–H and O–H groups in total. The smallest absolute Gasteiger partial charge is 0.294 e. The predicted molar refractivity (Wildman–Crippen MR) is 137 cm³/mol. The molecule has 0 aromatic heterocycles. The van der Waals surface area contributed by atoms with Crippen LogP contribution in [0.1, 0.15) is 17.9 Å². The standard InChI is InChI=1S/C27H26N4O5/c1-36-22-10-7-20(8-11-22)28-13-15-29(16-14-28)24-12-9-21(17-25(24)31(34)35)30-26(32)18-23(27(30)33)19-5-3-2-4-6-19/h2-12,17,23H,13-16,18H2,1H3. The van der Waals surface area contributed by atoms with Gasteiger partial charge in [0.1, 0.15) is 11.4 Å². The lowest BCUT2D eigenvalue weighted by Crippen LogP contribution is -2.46. The average Bonchev–Trinajstić information content (AvgIpc) is 3.22. The zero-order valence-corrected chi connectivity index (χ0v) is 19.9. The molecule has 0 bridgehead atoms. The Morgan fingerprint density at radius 1 is 0.861 bits per heavy atom. The number of piperazine rings is 1. The molecular weight excluding hydrogens is 460 g/mol. The van der Waals surface area contributed by atoms with Crippen LogP contribution in [0, 0.1) is 10.1 Å². The van der Waals surface area contributed by atoms with E-state index in [0.29, 0.717) is 31.9 Å². The van der Waals surface area contributed by atoms with E-state index in [1.54, 1.807) is 19.2 Å². The third kappa shape index (κ3) is 4.35. The quantitative estimate of drug-likeness (QED) is 0.295. The summed E-state index contributed by atoms with van der Waals surface area (Å²) in [4.78, 5) is 42.7. The minimum Gasteiger partial charge on any atom is -0.497 e.